The van der Waals surface area contributed by atoms with Crippen LogP contribution in [-0.2, 0) is 6.54 Å². The van der Waals surface area contributed by atoms with E-state index in [0.29, 0.717) is 4.60 Å². The first-order valence-electron chi connectivity index (χ1n) is 4.30. The minimum atomic E-state index is -4.20. The van der Waals surface area contributed by atoms with Crippen LogP contribution < -0.4 is 5.32 Å². The van der Waals surface area contributed by atoms with E-state index in [-0.39, 0.29) is 6.54 Å². The minimum absolute atomic E-state index is 0.168. The number of nitrogens with zero attached hydrogens (tertiary/aromatic N) is 1. The fraction of sp³-hybridized carbons (Fsp3) is 0.444. The van der Waals surface area contributed by atoms with E-state index in [0.717, 1.165) is 12.5 Å². The lowest BCUT2D eigenvalue weighted by Crippen LogP contribution is -2.39. The van der Waals surface area contributed by atoms with E-state index in [4.69, 9.17) is 0 Å². The molecule has 84 valence electrons. The van der Waals surface area contributed by atoms with Crippen molar-refractivity contribution >= 4 is 15.9 Å². The lowest BCUT2D eigenvalue weighted by molar-refractivity contribution is -0.151. The quantitative estimate of drug-likeness (QED) is 0.863. The van der Waals surface area contributed by atoms with Gasteiger partial charge in [-0.2, -0.15) is 13.2 Å². The Kier molecular flexibility index (Phi) is 4.10. The first-order valence-corrected chi connectivity index (χ1v) is 5.09. The monoisotopic (exact) mass is 282 g/mol. The highest BCUT2D eigenvalue weighted by molar-refractivity contribution is 9.10. The number of alkyl halides is 3. The summed E-state index contributed by atoms with van der Waals surface area (Å²) in [5.74, 6) is 0. The van der Waals surface area contributed by atoms with Gasteiger partial charge in [0.1, 0.15) is 10.6 Å². The molecule has 0 aliphatic rings. The Morgan fingerprint density at radius 1 is 1.53 bits per heavy atom. The van der Waals surface area contributed by atoms with Gasteiger partial charge in [-0.15, -0.1) is 0 Å². The van der Waals surface area contributed by atoms with Crippen LogP contribution in [0.2, 0.25) is 0 Å². The molecule has 6 heteroatoms. The molecule has 0 aliphatic heterocycles. The van der Waals surface area contributed by atoms with Crippen molar-refractivity contribution in [1.82, 2.24) is 10.3 Å². The standard InChI is InChI=1S/C9H10BrF3N2/c1-6(9(11,12)13)15-5-7-2-3-14-8(10)4-7/h2-4,6,15H,5H2,1H3. The summed E-state index contributed by atoms with van der Waals surface area (Å²) in [6.07, 6.45) is -2.66. The molecular formula is C9H10BrF3N2. The molecule has 0 saturated carbocycles. The highest BCUT2D eigenvalue weighted by atomic mass is 79.9. The van der Waals surface area contributed by atoms with Gasteiger partial charge in [0.15, 0.2) is 0 Å². The van der Waals surface area contributed by atoms with Gasteiger partial charge in [0, 0.05) is 12.7 Å². The van der Waals surface area contributed by atoms with E-state index in [9.17, 15) is 13.2 Å². The fourth-order valence-electron chi connectivity index (χ4n) is 0.939. The summed E-state index contributed by atoms with van der Waals surface area (Å²) in [6.45, 7) is 1.26. The van der Waals surface area contributed by atoms with Crippen molar-refractivity contribution in [1.29, 1.82) is 0 Å². The van der Waals surface area contributed by atoms with E-state index in [1.54, 1.807) is 18.3 Å². The molecule has 0 bridgehead atoms. The predicted octanol–water partition coefficient (Wildman–Crippen LogP) is 2.88. The third-order valence-electron chi connectivity index (χ3n) is 1.89. The lowest BCUT2D eigenvalue weighted by atomic mass is 10.2. The van der Waals surface area contributed by atoms with Crippen molar-refractivity contribution in [2.75, 3.05) is 0 Å². The molecule has 1 N–H and O–H groups in total. The third-order valence-corrected chi connectivity index (χ3v) is 2.33. The number of aromatic nitrogens is 1. The summed E-state index contributed by atoms with van der Waals surface area (Å²) in [5, 5.41) is 2.39. The molecule has 1 aromatic rings. The van der Waals surface area contributed by atoms with Gasteiger partial charge in [-0.3, -0.25) is 0 Å². The van der Waals surface area contributed by atoms with Crippen molar-refractivity contribution in [2.45, 2.75) is 25.7 Å². The summed E-state index contributed by atoms with van der Waals surface area (Å²) in [6, 6.07) is 1.83. The molecule has 0 aromatic carbocycles. The Labute approximate surface area is 94.0 Å². The van der Waals surface area contributed by atoms with Crippen molar-refractivity contribution in [3.8, 4) is 0 Å². The zero-order valence-electron chi connectivity index (χ0n) is 7.98. The highest BCUT2D eigenvalue weighted by Gasteiger charge is 2.35. The zero-order chi connectivity index (χ0) is 11.5. The van der Waals surface area contributed by atoms with E-state index in [2.05, 4.69) is 26.2 Å². The highest BCUT2D eigenvalue weighted by Crippen LogP contribution is 2.20. The molecule has 15 heavy (non-hydrogen) atoms. The van der Waals surface area contributed by atoms with Crippen molar-refractivity contribution in [3.63, 3.8) is 0 Å². The van der Waals surface area contributed by atoms with Crippen molar-refractivity contribution in [2.24, 2.45) is 0 Å². The number of nitrogens with one attached hydrogen (secondary N) is 1. The van der Waals surface area contributed by atoms with Crippen LogP contribution in [0.3, 0.4) is 0 Å². The largest absolute Gasteiger partial charge is 0.403 e. The molecule has 1 aromatic heterocycles. The molecule has 1 atom stereocenters. The van der Waals surface area contributed by atoms with Crippen molar-refractivity contribution < 1.29 is 13.2 Å². The summed E-state index contributed by atoms with van der Waals surface area (Å²) in [7, 11) is 0. The van der Waals surface area contributed by atoms with Crippen LogP contribution in [0, 0.1) is 0 Å². The average Bonchev–Trinajstić information content (AvgIpc) is 2.12. The average molecular weight is 283 g/mol. The Bertz CT molecular complexity index is 327. The number of pyridine rings is 1. The van der Waals surface area contributed by atoms with E-state index < -0.39 is 12.2 Å². The normalized spacial score (nSPS) is 13.9. The van der Waals surface area contributed by atoms with Crippen LogP contribution in [0.25, 0.3) is 0 Å². The van der Waals surface area contributed by atoms with Gasteiger partial charge in [-0.25, -0.2) is 4.98 Å². The maximum atomic E-state index is 12.1. The Hall–Kier alpha value is -0.620. The van der Waals surface area contributed by atoms with Gasteiger partial charge < -0.3 is 5.32 Å². The smallest absolute Gasteiger partial charge is 0.302 e. The molecule has 1 unspecified atom stereocenters. The molecular weight excluding hydrogens is 273 g/mol. The van der Waals surface area contributed by atoms with Gasteiger partial charge in [0.05, 0.1) is 0 Å². The molecule has 0 spiro atoms. The van der Waals surface area contributed by atoms with Crippen LogP contribution in [0.15, 0.2) is 22.9 Å². The van der Waals surface area contributed by atoms with E-state index >= 15 is 0 Å². The topological polar surface area (TPSA) is 24.9 Å². The Morgan fingerprint density at radius 2 is 2.20 bits per heavy atom. The van der Waals surface area contributed by atoms with Crippen LogP contribution in [-0.4, -0.2) is 17.2 Å². The van der Waals surface area contributed by atoms with Crippen LogP contribution >= 0.6 is 15.9 Å². The third kappa shape index (κ3) is 4.17. The molecule has 0 saturated heterocycles. The summed E-state index contributed by atoms with van der Waals surface area (Å²) < 4.78 is 37.1. The van der Waals surface area contributed by atoms with Gasteiger partial charge in [0.25, 0.3) is 0 Å². The number of halogens is 4. The molecule has 0 radical (unpaired) electrons. The maximum Gasteiger partial charge on any atom is 0.403 e. The number of rotatable bonds is 3. The summed E-state index contributed by atoms with van der Waals surface area (Å²) in [5.41, 5.74) is 0.757. The second kappa shape index (κ2) is 4.94. The van der Waals surface area contributed by atoms with Crippen LogP contribution in [0.1, 0.15) is 12.5 Å². The molecule has 0 aliphatic carbocycles. The van der Waals surface area contributed by atoms with E-state index in [1.807, 2.05) is 0 Å². The van der Waals surface area contributed by atoms with Gasteiger partial charge >= 0.3 is 6.18 Å². The van der Waals surface area contributed by atoms with Crippen LogP contribution in [0.4, 0.5) is 13.2 Å². The molecule has 0 fully saturated rings. The number of hydrogen-bond donors (Lipinski definition) is 1. The second-order valence-electron chi connectivity index (χ2n) is 3.13. The van der Waals surface area contributed by atoms with Crippen LogP contribution in [0.5, 0.6) is 0 Å². The molecule has 2 nitrogen and oxygen atoms in total. The lowest BCUT2D eigenvalue weighted by Gasteiger charge is -2.17. The Balaban J connectivity index is 2.51. The second-order valence-corrected chi connectivity index (χ2v) is 3.94. The van der Waals surface area contributed by atoms with Gasteiger partial charge in [-0.1, -0.05) is 0 Å². The van der Waals surface area contributed by atoms with Gasteiger partial charge in [-0.05, 0) is 40.5 Å². The summed E-state index contributed by atoms with van der Waals surface area (Å²) >= 11 is 3.15. The molecule has 1 rings (SSSR count). The first kappa shape index (κ1) is 12.4. The first-order chi connectivity index (χ1) is 6.89. The Morgan fingerprint density at radius 3 is 2.73 bits per heavy atom. The van der Waals surface area contributed by atoms with Gasteiger partial charge in [0.2, 0.25) is 0 Å². The minimum Gasteiger partial charge on any atom is -0.302 e. The molecule has 1 heterocycles. The predicted molar refractivity (Wildman–Crippen MR) is 54.3 cm³/mol. The number of hydrogen-bond acceptors (Lipinski definition) is 2. The fourth-order valence-corrected chi connectivity index (χ4v) is 1.35. The maximum absolute atomic E-state index is 12.1. The summed E-state index contributed by atoms with van der Waals surface area (Å²) in [4.78, 5) is 3.88. The zero-order valence-corrected chi connectivity index (χ0v) is 9.56. The van der Waals surface area contributed by atoms with E-state index in [1.165, 1.54) is 0 Å². The van der Waals surface area contributed by atoms with Crippen molar-refractivity contribution in [3.05, 3.63) is 28.5 Å². The SMILES string of the molecule is CC(NCc1ccnc(Br)c1)C(F)(F)F. The molecule has 0 amide bonds.